The molecule has 28 heavy (non-hydrogen) atoms. The first-order chi connectivity index (χ1) is 13.6. The maximum absolute atomic E-state index is 13.0. The van der Waals surface area contributed by atoms with E-state index in [2.05, 4.69) is 47.9 Å². The van der Waals surface area contributed by atoms with Gasteiger partial charge in [0.2, 0.25) is 0 Å². The topological polar surface area (TPSA) is 23.6 Å². The maximum atomic E-state index is 13.0. The summed E-state index contributed by atoms with van der Waals surface area (Å²) >= 11 is 0. The van der Waals surface area contributed by atoms with Crippen molar-refractivity contribution in [3.05, 3.63) is 69.8 Å². The summed E-state index contributed by atoms with van der Waals surface area (Å²) in [5, 5.41) is 0. The normalized spacial score (nSPS) is 18.1. The minimum Gasteiger partial charge on any atom is -0.299 e. The SMILES string of the molecule is Cc1cc(C(=O)c2ccc(CN3CCCC3)c(C)c2)ccc1CN1CCCC1. The van der Waals surface area contributed by atoms with Crippen LogP contribution in [0.1, 0.15) is 63.9 Å². The lowest BCUT2D eigenvalue weighted by Gasteiger charge is -2.17. The van der Waals surface area contributed by atoms with Crippen LogP contribution in [0.15, 0.2) is 36.4 Å². The van der Waals surface area contributed by atoms with Gasteiger partial charge in [0.25, 0.3) is 0 Å². The molecule has 2 fully saturated rings. The number of rotatable bonds is 6. The van der Waals surface area contributed by atoms with Crippen LogP contribution in [0.5, 0.6) is 0 Å². The zero-order chi connectivity index (χ0) is 19.5. The summed E-state index contributed by atoms with van der Waals surface area (Å²) in [6.45, 7) is 11.1. The molecule has 4 rings (SSSR count). The van der Waals surface area contributed by atoms with Gasteiger partial charge in [-0.25, -0.2) is 0 Å². The number of aryl methyl sites for hydroxylation is 2. The second kappa shape index (κ2) is 8.59. The lowest BCUT2D eigenvalue weighted by atomic mass is 9.96. The van der Waals surface area contributed by atoms with E-state index in [-0.39, 0.29) is 5.78 Å². The molecule has 3 heteroatoms. The molecule has 0 saturated carbocycles. The summed E-state index contributed by atoms with van der Waals surface area (Å²) in [4.78, 5) is 18.1. The van der Waals surface area contributed by atoms with Gasteiger partial charge in [0.05, 0.1) is 0 Å². The highest BCUT2D eigenvalue weighted by Crippen LogP contribution is 2.21. The molecule has 0 unspecified atom stereocenters. The maximum Gasteiger partial charge on any atom is 0.193 e. The Labute approximate surface area is 169 Å². The molecule has 0 aromatic heterocycles. The van der Waals surface area contributed by atoms with Crippen molar-refractivity contribution in [2.75, 3.05) is 26.2 Å². The second-order valence-corrected chi connectivity index (χ2v) is 8.58. The molecular weight excluding hydrogens is 344 g/mol. The zero-order valence-electron chi connectivity index (χ0n) is 17.3. The molecule has 0 aliphatic carbocycles. The summed E-state index contributed by atoms with van der Waals surface area (Å²) < 4.78 is 0. The third kappa shape index (κ3) is 4.37. The minimum atomic E-state index is 0.131. The first kappa shape index (κ1) is 19.4. The Hall–Kier alpha value is -1.97. The third-order valence-corrected chi connectivity index (χ3v) is 6.39. The van der Waals surface area contributed by atoms with Crippen LogP contribution >= 0.6 is 0 Å². The Morgan fingerprint density at radius 2 is 1.11 bits per heavy atom. The summed E-state index contributed by atoms with van der Waals surface area (Å²) in [5.41, 5.74) is 6.73. The number of carbonyl (C=O) groups is 1. The number of nitrogens with zero attached hydrogens (tertiary/aromatic N) is 2. The van der Waals surface area contributed by atoms with Crippen molar-refractivity contribution in [1.29, 1.82) is 0 Å². The molecule has 2 heterocycles. The average Bonchev–Trinajstić information content (AvgIpc) is 3.38. The number of benzene rings is 2. The Balaban J connectivity index is 1.47. The zero-order valence-corrected chi connectivity index (χ0v) is 17.3. The van der Waals surface area contributed by atoms with Gasteiger partial charge in [0.15, 0.2) is 5.78 Å². The minimum absolute atomic E-state index is 0.131. The predicted molar refractivity (Wildman–Crippen MR) is 115 cm³/mol. The highest BCUT2D eigenvalue weighted by Gasteiger charge is 2.17. The van der Waals surface area contributed by atoms with E-state index in [1.807, 2.05) is 12.1 Å². The second-order valence-electron chi connectivity index (χ2n) is 8.58. The van der Waals surface area contributed by atoms with E-state index in [0.717, 1.165) is 24.2 Å². The Kier molecular flexibility index (Phi) is 5.93. The van der Waals surface area contributed by atoms with E-state index in [1.165, 1.54) is 74.1 Å². The van der Waals surface area contributed by atoms with Gasteiger partial charge in [0.1, 0.15) is 0 Å². The molecule has 0 atom stereocenters. The van der Waals surface area contributed by atoms with Crippen LogP contribution in [0.4, 0.5) is 0 Å². The number of hydrogen-bond donors (Lipinski definition) is 0. The van der Waals surface area contributed by atoms with Gasteiger partial charge < -0.3 is 0 Å². The summed E-state index contributed by atoms with van der Waals surface area (Å²) in [6, 6.07) is 12.5. The fraction of sp³-hybridized carbons (Fsp3) is 0.480. The van der Waals surface area contributed by atoms with E-state index >= 15 is 0 Å². The van der Waals surface area contributed by atoms with Crippen molar-refractivity contribution < 1.29 is 4.79 Å². The lowest BCUT2D eigenvalue weighted by molar-refractivity contribution is 0.103. The van der Waals surface area contributed by atoms with Crippen LogP contribution in [-0.4, -0.2) is 41.8 Å². The van der Waals surface area contributed by atoms with Crippen molar-refractivity contribution >= 4 is 5.78 Å². The molecule has 0 spiro atoms. The Morgan fingerprint density at radius 3 is 1.46 bits per heavy atom. The van der Waals surface area contributed by atoms with Crippen molar-refractivity contribution in [2.45, 2.75) is 52.6 Å². The third-order valence-electron chi connectivity index (χ3n) is 6.39. The fourth-order valence-electron chi connectivity index (χ4n) is 4.56. The van der Waals surface area contributed by atoms with Gasteiger partial charge in [-0.3, -0.25) is 14.6 Å². The Bertz CT molecular complexity index is 776. The molecule has 2 aliphatic heterocycles. The van der Waals surface area contributed by atoms with Crippen molar-refractivity contribution in [3.63, 3.8) is 0 Å². The van der Waals surface area contributed by atoms with Crippen molar-refractivity contribution in [3.8, 4) is 0 Å². The summed E-state index contributed by atoms with van der Waals surface area (Å²) in [5.74, 6) is 0.131. The van der Waals surface area contributed by atoms with Gasteiger partial charge in [-0.2, -0.15) is 0 Å². The standard InChI is InChI=1S/C25H32N2O/c1-19-15-21(7-9-23(19)17-26-11-3-4-12-26)25(28)22-8-10-24(20(2)16-22)18-27-13-5-6-14-27/h7-10,15-16H,3-6,11-14,17-18H2,1-2H3. The largest absolute Gasteiger partial charge is 0.299 e. The molecular formula is C25H32N2O. The first-order valence-corrected chi connectivity index (χ1v) is 10.8. The molecule has 2 aromatic carbocycles. The van der Waals surface area contributed by atoms with Crippen LogP contribution in [0, 0.1) is 13.8 Å². The van der Waals surface area contributed by atoms with E-state index in [0.29, 0.717) is 0 Å². The van der Waals surface area contributed by atoms with Crippen LogP contribution in [0.2, 0.25) is 0 Å². The van der Waals surface area contributed by atoms with Crippen molar-refractivity contribution in [2.24, 2.45) is 0 Å². The summed E-state index contributed by atoms with van der Waals surface area (Å²) in [7, 11) is 0. The van der Waals surface area contributed by atoms with E-state index in [4.69, 9.17) is 0 Å². The molecule has 2 aliphatic rings. The molecule has 0 N–H and O–H groups in total. The van der Waals surface area contributed by atoms with Gasteiger partial charge in [0, 0.05) is 24.2 Å². The lowest BCUT2D eigenvalue weighted by Crippen LogP contribution is -2.19. The van der Waals surface area contributed by atoms with Crippen LogP contribution in [0.3, 0.4) is 0 Å². The number of hydrogen-bond acceptors (Lipinski definition) is 3. The molecule has 2 aromatic rings. The van der Waals surface area contributed by atoms with Gasteiger partial charge in [-0.1, -0.05) is 24.3 Å². The number of ketones is 1. The molecule has 0 bridgehead atoms. The van der Waals surface area contributed by atoms with Gasteiger partial charge >= 0.3 is 0 Å². The highest BCUT2D eigenvalue weighted by atomic mass is 16.1. The van der Waals surface area contributed by atoms with Crippen LogP contribution in [-0.2, 0) is 13.1 Å². The molecule has 0 amide bonds. The monoisotopic (exact) mass is 376 g/mol. The van der Waals surface area contributed by atoms with E-state index < -0.39 is 0 Å². The quantitative estimate of drug-likeness (QED) is 0.681. The fourth-order valence-corrected chi connectivity index (χ4v) is 4.56. The molecule has 2 saturated heterocycles. The molecule has 0 radical (unpaired) electrons. The number of likely N-dealkylation sites (tertiary alicyclic amines) is 2. The summed E-state index contributed by atoms with van der Waals surface area (Å²) in [6.07, 6.45) is 5.23. The van der Waals surface area contributed by atoms with Crippen LogP contribution < -0.4 is 0 Å². The first-order valence-electron chi connectivity index (χ1n) is 10.8. The number of carbonyl (C=O) groups excluding carboxylic acids is 1. The van der Waals surface area contributed by atoms with Gasteiger partial charge in [-0.05, 0) is 100 Å². The molecule has 148 valence electrons. The predicted octanol–water partition coefficient (Wildman–Crippen LogP) is 4.73. The average molecular weight is 377 g/mol. The van der Waals surface area contributed by atoms with E-state index in [1.54, 1.807) is 0 Å². The van der Waals surface area contributed by atoms with E-state index in [9.17, 15) is 4.79 Å². The van der Waals surface area contributed by atoms with Crippen LogP contribution in [0.25, 0.3) is 0 Å². The van der Waals surface area contributed by atoms with Gasteiger partial charge in [-0.15, -0.1) is 0 Å². The smallest absolute Gasteiger partial charge is 0.193 e. The highest BCUT2D eigenvalue weighted by molar-refractivity contribution is 6.09. The Morgan fingerprint density at radius 1 is 0.714 bits per heavy atom. The molecule has 3 nitrogen and oxygen atoms in total. The van der Waals surface area contributed by atoms with Crippen molar-refractivity contribution in [1.82, 2.24) is 9.80 Å².